The summed E-state index contributed by atoms with van der Waals surface area (Å²) in [6.45, 7) is 1.33. The molecule has 0 N–H and O–H groups in total. The van der Waals surface area contributed by atoms with Gasteiger partial charge in [-0.2, -0.15) is 0 Å². The van der Waals surface area contributed by atoms with Crippen molar-refractivity contribution >= 4 is 28.5 Å². The van der Waals surface area contributed by atoms with Crippen molar-refractivity contribution in [2.45, 2.75) is 13.0 Å². The van der Waals surface area contributed by atoms with Crippen LogP contribution in [0, 0.1) is 10.1 Å². The molecule has 0 aromatic carbocycles. The molecule has 0 unspecified atom stereocenters. The highest BCUT2D eigenvalue weighted by molar-refractivity contribution is 8.13. The molecule has 0 aliphatic carbocycles. The molecular weight excluding hydrogens is 276 g/mol. The zero-order valence-electron chi connectivity index (χ0n) is 9.45. The first-order chi connectivity index (χ1) is 8.65. The largest absolute Gasteiger partial charge is 0.342 e. The monoisotopic (exact) mass is 286 g/mol. The van der Waals surface area contributed by atoms with Gasteiger partial charge >= 0.3 is 0 Å². The summed E-state index contributed by atoms with van der Waals surface area (Å²) in [7, 11) is 0. The van der Waals surface area contributed by atoms with Gasteiger partial charge in [0.15, 0.2) is 5.03 Å². The summed E-state index contributed by atoms with van der Waals surface area (Å²) in [5, 5.41) is 14.1. The first kappa shape index (κ1) is 13.1. The van der Waals surface area contributed by atoms with Crippen molar-refractivity contribution in [2.24, 2.45) is 5.10 Å². The van der Waals surface area contributed by atoms with Crippen LogP contribution in [0.25, 0.3) is 0 Å². The van der Waals surface area contributed by atoms with Gasteiger partial charge in [-0.05, 0) is 18.1 Å². The highest BCUT2D eigenvalue weighted by Crippen LogP contribution is 2.20. The summed E-state index contributed by atoms with van der Waals surface area (Å²) in [6, 6.07) is 3.57. The number of halogens is 1. The van der Waals surface area contributed by atoms with E-state index in [9.17, 15) is 10.1 Å². The third-order valence-corrected chi connectivity index (χ3v) is 3.72. The van der Waals surface area contributed by atoms with E-state index in [4.69, 9.17) is 11.6 Å². The molecule has 1 aliphatic rings. The Morgan fingerprint density at radius 2 is 2.44 bits per heavy atom. The number of nitrogens with zero attached hydrogens (tertiary/aromatic N) is 4. The minimum absolute atomic E-state index is 0.436. The van der Waals surface area contributed by atoms with Crippen LogP contribution in [0.15, 0.2) is 23.4 Å². The average Bonchev–Trinajstić information content (AvgIpc) is 2.34. The number of hydrogen-bond donors (Lipinski definition) is 0. The van der Waals surface area contributed by atoms with Crippen molar-refractivity contribution in [2.75, 3.05) is 12.3 Å². The van der Waals surface area contributed by atoms with Gasteiger partial charge in [-0.15, -0.1) is 0 Å². The zero-order valence-corrected chi connectivity index (χ0v) is 11.0. The summed E-state index contributed by atoms with van der Waals surface area (Å²) in [4.78, 5) is 16.3. The predicted molar refractivity (Wildman–Crippen MR) is 71.2 cm³/mol. The maximum absolute atomic E-state index is 10.5. The standard InChI is InChI=1S/C10H11ClN4O2S/c11-9-3-2-8(6-12-9)7-14-4-1-5-18-10(14)13-15(16)17/h2-3,6H,1,4-5,7H2/b13-10-. The minimum Gasteiger partial charge on any atom is -0.342 e. The van der Waals surface area contributed by atoms with Gasteiger partial charge in [0.25, 0.3) is 0 Å². The maximum atomic E-state index is 10.5. The van der Waals surface area contributed by atoms with Crippen LogP contribution >= 0.6 is 23.4 Å². The van der Waals surface area contributed by atoms with Crippen LogP contribution in [0.2, 0.25) is 5.15 Å². The molecular formula is C10H11ClN4O2S. The van der Waals surface area contributed by atoms with Crippen LogP contribution in [-0.4, -0.2) is 32.4 Å². The Kier molecular flexibility index (Phi) is 4.38. The van der Waals surface area contributed by atoms with Gasteiger partial charge < -0.3 is 4.90 Å². The molecule has 0 bridgehead atoms. The molecule has 18 heavy (non-hydrogen) atoms. The maximum Gasteiger partial charge on any atom is 0.237 e. The average molecular weight is 287 g/mol. The van der Waals surface area contributed by atoms with Crippen molar-refractivity contribution in [3.8, 4) is 0 Å². The first-order valence-electron chi connectivity index (χ1n) is 5.36. The van der Waals surface area contributed by atoms with Gasteiger partial charge in [0, 0.05) is 25.0 Å². The van der Waals surface area contributed by atoms with E-state index in [-0.39, 0.29) is 0 Å². The Morgan fingerprint density at radius 3 is 3.11 bits per heavy atom. The van der Waals surface area contributed by atoms with Crippen LogP contribution in [0.4, 0.5) is 0 Å². The molecule has 6 nitrogen and oxygen atoms in total. The molecule has 1 saturated heterocycles. The molecule has 0 amide bonds. The molecule has 1 aliphatic heterocycles. The van der Waals surface area contributed by atoms with Crippen LogP contribution in [0.5, 0.6) is 0 Å². The molecule has 1 fully saturated rings. The highest BCUT2D eigenvalue weighted by atomic mass is 35.5. The number of rotatable bonds is 3. The lowest BCUT2D eigenvalue weighted by Gasteiger charge is -2.27. The first-order valence-corrected chi connectivity index (χ1v) is 6.72. The second-order valence-corrected chi connectivity index (χ2v) is 5.18. The van der Waals surface area contributed by atoms with Crippen LogP contribution in [-0.2, 0) is 6.54 Å². The van der Waals surface area contributed by atoms with Gasteiger partial charge in [0.05, 0.1) is 5.10 Å². The molecule has 2 rings (SSSR count). The predicted octanol–water partition coefficient (Wildman–Crippen LogP) is 2.22. The van der Waals surface area contributed by atoms with E-state index in [1.165, 1.54) is 11.8 Å². The molecule has 2 heterocycles. The summed E-state index contributed by atoms with van der Waals surface area (Å²) in [6.07, 6.45) is 2.66. The minimum atomic E-state index is -0.652. The van der Waals surface area contributed by atoms with Gasteiger partial charge in [-0.1, -0.05) is 29.4 Å². The Morgan fingerprint density at radius 1 is 1.61 bits per heavy atom. The lowest BCUT2D eigenvalue weighted by molar-refractivity contribution is -0.485. The zero-order chi connectivity index (χ0) is 13.0. The van der Waals surface area contributed by atoms with E-state index < -0.39 is 5.03 Å². The molecule has 96 valence electrons. The van der Waals surface area contributed by atoms with Gasteiger partial charge in [-0.3, -0.25) is 0 Å². The van der Waals surface area contributed by atoms with Crippen molar-refractivity contribution in [3.05, 3.63) is 39.2 Å². The number of nitro groups is 1. The van der Waals surface area contributed by atoms with E-state index in [2.05, 4.69) is 10.1 Å². The summed E-state index contributed by atoms with van der Waals surface area (Å²) in [5.41, 5.74) is 0.956. The molecule has 0 atom stereocenters. The van der Waals surface area contributed by atoms with Gasteiger partial charge in [-0.25, -0.2) is 15.1 Å². The van der Waals surface area contributed by atoms with Gasteiger partial charge in [0.1, 0.15) is 5.15 Å². The summed E-state index contributed by atoms with van der Waals surface area (Å²) >= 11 is 7.12. The van der Waals surface area contributed by atoms with Gasteiger partial charge in [0.2, 0.25) is 5.17 Å². The van der Waals surface area contributed by atoms with E-state index in [1.807, 2.05) is 11.0 Å². The number of amidine groups is 1. The summed E-state index contributed by atoms with van der Waals surface area (Å²) < 4.78 is 0. The number of hydrogen-bond acceptors (Lipinski definition) is 4. The van der Waals surface area contributed by atoms with Crippen molar-refractivity contribution in [3.63, 3.8) is 0 Å². The Hall–Kier alpha value is -1.34. The number of thioether (sulfide) groups is 1. The SMILES string of the molecule is O=[N+]([O-])/N=C1\SCCCN1Cc1ccc(Cl)nc1. The van der Waals surface area contributed by atoms with Crippen LogP contribution in [0.3, 0.4) is 0 Å². The van der Waals surface area contributed by atoms with E-state index in [0.717, 1.165) is 24.3 Å². The second kappa shape index (κ2) is 6.01. The van der Waals surface area contributed by atoms with E-state index in [1.54, 1.807) is 12.3 Å². The van der Waals surface area contributed by atoms with Crippen LogP contribution < -0.4 is 0 Å². The molecule has 0 radical (unpaired) electrons. The molecule has 8 heteroatoms. The van der Waals surface area contributed by atoms with E-state index in [0.29, 0.717) is 16.9 Å². The second-order valence-electron chi connectivity index (χ2n) is 3.73. The van der Waals surface area contributed by atoms with Crippen molar-refractivity contribution in [1.82, 2.24) is 9.88 Å². The fourth-order valence-electron chi connectivity index (χ4n) is 1.63. The lowest BCUT2D eigenvalue weighted by atomic mass is 10.2. The number of aromatic nitrogens is 1. The molecule has 1 aromatic rings. The fraction of sp³-hybridized carbons (Fsp3) is 0.400. The van der Waals surface area contributed by atoms with Crippen molar-refractivity contribution < 1.29 is 5.03 Å². The van der Waals surface area contributed by atoms with Crippen LogP contribution in [0.1, 0.15) is 12.0 Å². The Labute approximate surface area is 113 Å². The number of pyridine rings is 1. The fourth-order valence-corrected chi connectivity index (χ4v) is 2.67. The third kappa shape index (κ3) is 3.58. The quantitative estimate of drug-likeness (QED) is 0.484. The lowest BCUT2D eigenvalue weighted by Crippen LogP contribution is -2.34. The normalized spacial score (nSPS) is 18.1. The molecule has 0 spiro atoms. The Balaban J connectivity index is 2.10. The van der Waals surface area contributed by atoms with Crippen molar-refractivity contribution in [1.29, 1.82) is 0 Å². The highest BCUT2D eigenvalue weighted by Gasteiger charge is 2.20. The smallest absolute Gasteiger partial charge is 0.237 e. The molecule has 0 saturated carbocycles. The molecule has 1 aromatic heterocycles. The number of hydrazone groups is 1. The summed E-state index contributed by atoms with van der Waals surface area (Å²) in [5.74, 6) is 0.863. The third-order valence-electron chi connectivity index (χ3n) is 2.40. The topological polar surface area (TPSA) is 71.6 Å². The Bertz CT molecular complexity index is 465. The van der Waals surface area contributed by atoms with E-state index >= 15 is 0 Å².